The first-order chi connectivity index (χ1) is 10.1. The minimum atomic E-state index is 0.0761. The molecule has 0 saturated carbocycles. The summed E-state index contributed by atoms with van der Waals surface area (Å²) in [7, 11) is 0. The van der Waals surface area contributed by atoms with Crippen molar-refractivity contribution in [3.8, 4) is 11.3 Å². The Morgan fingerprint density at radius 2 is 1.81 bits per heavy atom. The van der Waals surface area contributed by atoms with E-state index in [1.165, 1.54) is 0 Å². The second-order valence-corrected chi connectivity index (χ2v) is 5.78. The van der Waals surface area contributed by atoms with Crippen LogP contribution in [-0.2, 0) is 0 Å². The number of hydrogen-bond acceptors (Lipinski definition) is 1. The fraction of sp³-hybridized carbons (Fsp3) is 0.118. The van der Waals surface area contributed by atoms with Crippen LogP contribution < -0.4 is 0 Å². The van der Waals surface area contributed by atoms with Gasteiger partial charge >= 0.3 is 0 Å². The summed E-state index contributed by atoms with van der Waals surface area (Å²) in [5, 5.41) is 1.30. The predicted octanol–water partition coefficient (Wildman–Crippen LogP) is 5.54. The molecule has 0 aliphatic rings. The third-order valence-corrected chi connectivity index (χ3v) is 4.08. The zero-order chi connectivity index (χ0) is 14.8. The first-order valence-electron chi connectivity index (χ1n) is 6.70. The van der Waals surface area contributed by atoms with E-state index in [0.717, 1.165) is 22.6 Å². The lowest BCUT2D eigenvalue weighted by atomic mass is 10.0. The third kappa shape index (κ3) is 2.97. The van der Waals surface area contributed by atoms with Gasteiger partial charge in [-0.05, 0) is 23.3 Å². The van der Waals surface area contributed by atoms with E-state index in [9.17, 15) is 0 Å². The number of aromatic nitrogens is 2. The molecular weight excluding hydrogens is 303 g/mol. The van der Waals surface area contributed by atoms with Crippen LogP contribution >= 0.6 is 23.2 Å². The maximum absolute atomic E-state index is 6.27. The standard InChI is InChI=1S/C17H14Cl2N2/c1-11(14-8-7-13(18)9-15(14)19)17-20-10-16(21-17)12-5-3-2-4-6-12/h2-11H,1H3,(H,20,21). The van der Waals surface area contributed by atoms with E-state index in [1.54, 1.807) is 6.07 Å². The molecule has 2 aromatic carbocycles. The number of halogens is 2. The van der Waals surface area contributed by atoms with E-state index in [1.807, 2.05) is 36.5 Å². The molecule has 0 aliphatic heterocycles. The van der Waals surface area contributed by atoms with Crippen LogP contribution in [0.25, 0.3) is 11.3 Å². The van der Waals surface area contributed by atoms with E-state index in [2.05, 4.69) is 29.0 Å². The summed E-state index contributed by atoms with van der Waals surface area (Å²) in [5.41, 5.74) is 3.13. The molecule has 1 unspecified atom stereocenters. The Morgan fingerprint density at radius 3 is 2.52 bits per heavy atom. The highest BCUT2D eigenvalue weighted by Gasteiger charge is 2.15. The molecular formula is C17H14Cl2N2. The van der Waals surface area contributed by atoms with Crippen LogP contribution in [0, 0.1) is 0 Å². The molecule has 1 heterocycles. The predicted molar refractivity (Wildman–Crippen MR) is 88.0 cm³/mol. The highest BCUT2D eigenvalue weighted by atomic mass is 35.5. The van der Waals surface area contributed by atoms with Gasteiger partial charge in [-0.15, -0.1) is 0 Å². The van der Waals surface area contributed by atoms with Crippen LogP contribution in [-0.4, -0.2) is 9.97 Å². The Balaban J connectivity index is 1.92. The summed E-state index contributed by atoms with van der Waals surface area (Å²) in [5.74, 6) is 0.963. The zero-order valence-electron chi connectivity index (χ0n) is 11.5. The summed E-state index contributed by atoms with van der Waals surface area (Å²) in [6.07, 6.45) is 1.85. The van der Waals surface area contributed by atoms with Gasteiger partial charge in [-0.3, -0.25) is 0 Å². The maximum Gasteiger partial charge on any atom is 0.113 e. The lowest BCUT2D eigenvalue weighted by Crippen LogP contribution is -1.99. The van der Waals surface area contributed by atoms with Crippen LogP contribution in [0.1, 0.15) is 24.2 Å². The number of nitrogens with zero attached hydrogens (tertiary/aromatic N) is 1. The van der Waals surface area contributed by atoms with Gasteiger partial charge in [-0.25, -0.2) is 4.98 Å². The average molecular weight is 317 g/mol. The van der Waals surface area contributed by atoms with Crippen molar-refractivity contribution < 1.29 is 0 Å². The Labute approximate surface area is 133 Å². The van der Waals surface area contributed by atoms with Gasteiger partial charge in [0.05, 0.1) is 11.9 Å². The van der Waals surface area contributed by atoms with Crippen molar-refractivity contribution in [1.29, 1.82) is 0 Å². The SMILES string of the molecule is CC(c1ncc(-c2ccccc2)[nH]1)c1ccc(Cl)cc1Cl. The van der Waals surface area contributed by atoms with Crippen molar-refractivity contribution in [1.82, 2.24) is 9.97 Å². The summed E-state index contributed by atoms with van der Waals surface area (Å²) in [6, 6.07) is 15.7. The number of benzene rings is 2. The van der Waals surface area contributed by atoms with Crippen LogP contribution in [0.15, 0.2) is 54.7 Å². The van der Waals surface area contributed by atoms with Crippen LogP contribution in [0.4, 0.5) is 0 Å². The molecule has 3 aromatic rings. The molecule has 2 nitrogen and oxygen atoms in total. The number of aromatic amines is 1. The first kappa shape index (κ1) is 14.2. The van der Waals surface area contributed by atoms with E-state index in [4.69, 9.17) is 23.2 Å². The smallest absolute Gasteiger partial charge is 0.113 e. The van der Waals surface area contributed by atoms with E-state index >= 15 is 0 Å². The van der Waals surface area contributed by atoms with Gasteiger partial charge in [0.15, 0.2) is 0 Å². The van der Waals surface area contributed by atoms with Crippen molar-refractivity contribution in [3.63, 3.8) is 0 Å². The van der Waals surface area contributed by atoms with Gasteiger partial charge in [0.25, 0.3) is 0 Å². The number of rotatable bonds is 3. The molecule has 0 radical (unpaired) electrons. The summed E-state index contributed by atoms with van der Waals surface area (Å²) in [6.45, 7) is 2.07. The first-order valence-corrected chi connectivity index (χ1v) is 7.46. The Kier molecular flexibility index (Phi) is 4.00. The fourth-order valence-electron chi connectivity index (χ4n) is 2.32. The minimum Gasteiger partial charge on any atom is -0.342 e. The molecule has 0 spiro atoms. The molecule has 3 rings (SSSR count). The van der Waals surface area contributed by atoms with E-state index in [-0.39, 0.29) is 5.92 Å². The van der Waals surface area contributed by atoms with Crippen molar-refractivity contribution in [2.75, 3.05) is 0 Å². The van der Waals surface area contributed by atoms with Gasteiger partial charge in [-0.1, -0.05) is 66.5 Å². The van der Waals surface area contributed by atoms with Crippen LogP contribution in [0.5, 0.6) is 0 Å². The summed E-state index contributed by atoms with van der Waals surface area (Å²) >= 11 is 12.2. The van der Waals surface area contributed by atoms with Crippen LogP contribution in [0.3, 0.4) is 0 Å². The Bertz CT molecular complexity index is 750. The van der Waals surface area contributed by atoms with Gasteiger partial charge in [0.1, 0.15) is 5.82 Å². The Morgan fingerprint density at radius 1 is 1.05 bits per heavy atom. The fourth-order valence-corrected chi connectivity index (χ4v) is 2.89. The van der Waals surface area contributed by atoms with Crippen LogP contribution in [0.2, 0.25) is 10.0 Å². The van der Waals surface area contributed by atoms with Gasteiger partial charge < -0.3 is 4.98 Å². The molecule has 21 heavy (non-hydrogen) atoms. The highest BCUT2D eigenvalue weighted by molar-refractivity contribution is 6.35. The van der Waals surface area contributed by atoms with E-state index in [0.29, 0.717) is 10.0 Å². The number of imidazole rings is 1. The molecule has 0 bridgehead atoms. The molecule has 4 heteroatoms. The van der Waals surface area contributed by atoms with Crippen molar-refractivity contribution in [3.05, 3.63) is 76.2 Å². The molecule has 0 aliphatic carbocycles. The van der Waals surface area contributed by atoms with Crippen molar-refractivity contribution in [2.45, 2.75) is 12.8 Å². The molecule has 1 atom stereocenters. The van der Waals surface area contributed by atoms with Crippen molar-refractivity contribution in [2.24, 2.45) is 0 Å². The molecule has 0 amide bonds. The molecule has 106 valence electrons. The largest absolute Gasteiger partial charge is 0.342 e. The number of hydrogen-bond donors (Lipinski definition) is 1. The quantitative estimate of drug-likeness (QED) is 0.675. The molecule has 1 N–H and O–H groups in total. The maximum atomic E-state index is 6.27. The summed E-state index contributed by atoms with van der Waals surface area (Å²) < 4.78 is 0. The molecule has 0 saturated heterocycles. The normalized spacial score (nSPS) is 12.3. The highest BCUT2D eigenvalue weighted by Crippen LogP contribution is 2.31. The van der Waals surface area contributed by atoms with Crippen molar-refractivity contribution >= 4 is 23.2 Å². The number of nitrogens with one attached hydrogen (secondary N) is 1. The second kappa shape index (κ2) is 5.92. The van der Waals surface area contributed by atoms with Gasteiger partial charge in [0.2, 0.25) is 0 Å². The molecule has 1 aromatic heterocycles. The van der Waals surface area contributed by atoms with Gasteiger partial charge in [0, 0.05) is 16.0 Å². The topological polar surface area (TPSA) is 28.7 Å². The minimum absolute atomic E-state index is 0.0761. The summed E-state index contributed by atoms with van der Waals surface area (Å²) in [4.78, 5) is 7.85. The average Bonchev–Trinajstić information content (AvgIpc) is 2.97. The zero-order valence-corrected chi connectivity index (χ0v) is 13.0. The molecule has 0 fully saturated rings. The van der Waals surface area contributed by atoms with E-state index < -0.39 is 0 Å². The second-order valence-electron chi connectivity index (χ2n) is 4.94. The monoisotopic (exact) mass is 316 g/mol. The lowest BCUT2D eigenvalue weighted by Gasteiger charge is -2.11. The number of H-pyrrole nitrogens is 1. The lowest BCUT2D eigenvalue weighted by molar-refractivity contribution is 0.841. The Hall–Kier alpha value is -1.77. The van der Waals surface area contributed by atoms with Gasteiger partial charge in [-0.2, -0.15) is 0 Å². The third-order valence-electron chi connectivity index (χ3n) is 3.52.